The molecule has 0 bridgehead atoms. The van der Waals surface area contributed by atoms with Gasteiger partial charge in [-0.2, -0.15) is 0 Å². The number of ether oxygens (including phenoxy) is 2. The van der Waals surface area contributed by atoms with Crippen molar-refractivity contribution in [3.8, 4) is 0 Å². The lowest BCUT2D eigenvalue weighted by Gasteiger charge is -2.38. The number of carbonyl (C=O) groups excluding carboxylic acids is 1. The maximum Gasteiger partial charge on any atom is 0.320 e. The van der Waals surface area contributed by atoms with E-state index in [1.807, 2.05) is 0 Å². The predicted octanol–water partition coefficient (Wildman–Crippen LogP) is -1.51. The molecule has 7 heteroatoms. The van der Waals surface area contributed by atoms with E-state index in [0.717, 1.165) is 0 Å². The molecule has 2 saturated heterocycles. The predicted molar refractivity (Wildman–Crippen MR) is 62.2 cm³/mol. The Kier molecular flexibility index (Phi) is 4.76. The average molecular weight is 260 g/mol. The summed E-state index contributed by atoms with van der Waals surface area (Å²) in [6.45, 7) is 2.65. The minimum atomic E-state index is -0.294. The molecule has 2 atom stereocenters. The first kappa shape index (κ1) is 13.5. The third-order valence-electron chi connectivity index (χ3n) is 3.23. The van der Waals surface area contributed by atoms with Crippen molar-refractivity contribution in [3.63, 3.8) is 0 Å². The van der Waals surface area contributed by atoms with Gasteiger partial charge in [0.15, 0.2) is 0 Å². The molecule has 0 aromatic carbocycles. The van der Waals surface area contributed by atoms with Crippen molar-refractivity contribution in [2.24, 2.45) is 0 Å². The van der Waals surface area contributed by atoms with Crippen molar-refractivity contribution in [3.05, 3.63) is 0 Å². The molecule has 18 heavy (non-hydrogen) atoms. The summed E-state index contributed by atoms with van der Waals surface area (Å²) >= 11 is 0. The lowest BCUT2D eigenvalue weighted by Crippen LogP contribution is -2.55. The molecule has 2 aliphatic heterocycles. The van der Waals surface area contributed by atoms with Gasteiger partial charge in [0, 0.05) is 13.1 Å². The second-order valence-electron chi connectivity index (χ2n) is 4.53. The fraction of sp³-hybridized carbons (Fsp3) is 0.909. The summed E-state index contributed by atoms with van der Waals surface area (Å²) in [5, 5.41) is 18.1. The second-order valence-corrected chi connectivity index (χ2v) is 4.53. The van der Waals surface area contributed by atoms with E-state index in [-0.39, 0.29) is 31.5 Å². The molecule has 2 N–H and O–H groups in total. The molecule has 0 aliphatic carbocycles. The third kappa shape index (κ3) is 3.11. The van der Waals surface area contributed by atoms with Gasteiger partial charge < -0.3 is 29.5 Å². The highest BCUT2D eigenvalue weighted by Gasteiger charge is 2.30. The number of urea groups is 1. The van der Waals surface area contributed by atoms with Crippen LogP contribution >= 0.6 is 0 Å². The van der Waals surface area contributed by atoms with Gasteiger partial charge in [-0.05, 0) is 0 Å². The number of aliphatic hydroxyl groups excluding tert-OH is 2. The van der Waals surface area contributed by atoms with Crippen LogP contribution in [0.1, 0.15) is 0 Å². The van der Waals surface area contributed by atoms with E-state index in [4.69, 9.17) is 19.7 Å². The highest BCUT2D eigenvalue weighted by molar-refractivity contribution is 5.74. The Balaban J connectivity index is 1.89. The molecule has 2 heterocycles. The molecular weight excluding hydrogens is 240 g/mol. The molecule has 0 radical (unpaired) electrons. The summed E-state index contributed by atoms with van der Waals surface area (Å²) in [5.41, 5.74) is 0. The van der Waals surface area contributed by atoms with Crippen molar-refractivity contribution >= 4 is 6.03 Å². The summed E-state index contributed by atoms with van der Waals surface area (Å²) in [6.07, 6.45) is -0.588. The first-order valence-corrected chi connectivity index (χ1v) is 6.23. The Bertz CT molecular complexity index is 263. The first-order chi connectivity index (χ1) is 8.74. The summed E-state index contributed by atoms with van der Waals surface area (Å²) in [6, 6.07) is -0.0708. The van der Waals surface area contributed by atoms with E-state index in [2.05, 4.69) is 0 Å². The lowest BCUT2D eigenvalue weighted by molar-refractivity contribution is -0.0619. The number of hydrogen-bond acceptors (Lipinski definition) is 5. The highest BCUT2D eigenvalue weighted by Crippen LogP contribution is 2.11. The fourth-order valence-electron chi connectivity index (χ4n) is 2.21. The van der Waals surface area contributed by atoms with Crippen molar-refractivity contribution in [1.82, 2.24) is 9.80 Å². The standard InChI is InChI=1S/C11H20N2O5/c14-7-9-5-12(1-3-17-9)11(16)13-2-4-18-10(6-13)8-15/h9-10,14-15H,1-8H2. The minimum Gasteiger partial charge on any atom is -0.394 e. The molecule has 2 rings (SSSR count). The maximum atomic E-state index is 12.3. The zero-order valence-electron chi connectivity index (χ0n) is 10.3. The smallest absolute Gasteiger partial charge is 0.320 e. The molecule has 0 aromatic rings. The fourth-order valence-corrected chi connectivity index (χ4v) is 2.21. The van der Waals surface area contributed by atoms with Crippen molar-refractivity contribution in [1.29, 1.82) is 0 Å². The van der Waals surface area contributed by atoms with Gasteiger partial charge in [-0.15, -0.1) is 0 Å². The van der Waals surface area contributed by atoms with Crippen LogP contribution in [-0.4, -0.2) is 90.9 Å². The average Bonchev–Trinajstić information content (AvgIpc) is 2.46. The van der Waals surface area contributed by atoms with Crippen LogP contribution in [-0.2, 0) is 9.47 Å². The molecule has 2 unspecified atom stereocenters. The van der Waals surface area contributed by atoms with Crippen molar-refractivity contribution in [2.45, 2.75) is 12.2 Å². The molecule has 2 fully saturated rings. The van der Waals surface area contributed by atoms with Crippen LogP contribution in [0.3, 0.4) is 0 Å². The van der Waals surface area contributed by atoms with E-state index < -0.39 is 0 Å². The monoisotopic (exact) mass is 260 g/mol. The number of rotatable bonds is 2. The summed E-state index contributed by atoms with van der Waals surface area (Å²) in [7, 11) is 0. The molecule has 0 spiro atoms. The largest absolute Gasteiger partial charge is 0.394 e. The molecule has 2 aliphatic rings. The Morgan fingerprint density at radius 3 is 1.83 bits per heavy atom. The van der Waals surface area contributed by atoms with Gasteiger partial charge in [-0.3, -0.25) is 0 Å². The molecule has 0 saturated carbocycles. The van der Waals surface area contributed by atoms with Crippen LogP contribution in [0.5, 0.6) is 0 Å². The Morgan fingerprint density at radius 1 is 1.00 bits per heavy atom. The SMILES string of the molecule is O=C(N1CCOC(CO)C1)N1CCOC(CO)C1. The topological polar surface area (TPSA) is 82.5 Å². The van der Waals surface area contributed by atoms with Crippen molar-refractivity contribution < 1.29 is 24.5 Å². The summed E-state index contributed by atoms with van der Waals surface area (Å²) in [4.78, 5) is 15.6. The van der Waals surface area contributed by atoms with E-state index in [1.54, 1.807) is 9.80 Å². The van der Waals surface area contributed by atoms with Crippen LogP contribution in [0.2, 0.25) is 0 Å². The van der Waals surface area contributed by atoms with E-state index in [0.29, 0.717) is 39.4 Å². The zero-order valence-corrected chi connectivity index (χ0v) is 10.3. The van der Waals surface area contributed by atoms with E-state index >= 15 is 0 Å². The van der Waals surface area contributed by atoms with Crippen molar-refractivity contribution in [2.75, 3.05) is 52.6 Å². The lowest BCUT2D eigenvalue weighted by atomic mass is 10.2. The molecule has 0 aromatic heterocycles. The number of aliphatic hydroxyl groups is 2. The summed E-state index contributed by atoms with van der Waals surface area (Å²) in [5.74, 6) is 0. The van der Waals surface area contributed by atoms with Crippen LogP contribution in [0.25, 0.3) is 0 Å². The van der Waals surface area contributed by atoms with Gasteiger partial charge >= 0.3 is 6.03 Å². The molecule has 7 nitrogen and oxygen atoms in total. The summed E-state index contributed by atoms with van der Waals surface area (Å²) < 4.78 is 10.6. The van der Waals surface area contributed by atoms with Crippen LogP contribution in [0.15, 0.2) is 0 Å². The van der Waals surface area contributed by atoms with Gasteiger partial charge in [-0.25, -0.2) is 4.79 Å². The normalized spacial score (nSPS) is 29.4. The Hall–Kier alpha value is -0.890. The van der Waals surface area contributed by atoms with Crippen LogP contribution in [0, 0.1) is 0 Å². The minimum absolute atomic E-state index is 0.0708. The van der Waals surface area contributed by atoms with Gasteiger partial charge in [0.1, 0.15) is 0 Å². The Morgan fingerprint density at radius 2 is 1.44 bits per heavy atom. The van der Waals surface area contributed by atoms with Gasteiger partial charge in [0.25, 0.3) is 0 Å². The van der Waals surface area contributed by atoms with Gasteiger partial charge in [0.2, 0.25) is 0 Å². The second kappa shape index (κ2) is 6.33. The van der Waals surface area contributed by atoms with E-state index in [9.17, 15) is 4.79 Å². The third-order valence-corrected chi connectivity index (χ3v) is 3.23. The number of nitrogens with zero attached hydrogens (tertiary/aromatic N) is 2. The Labute approximate surface area is 106 Å². The zero-order chi connectivity index (χ0) is 13.0. The van der Waals surface area contributed by atoms with Crippen LogP contribution < -0.4 is 0 Å². The number of morpholine rings is 2. The maximum absolute atomic E-state index is 12.3. The quantitative estimate of drug-likeness (QED) is 0.631. The van der Waals surface area contributed by atoms with Gasteiger partial charge in [-0.1, -0.05) is 0 Å². The number of carbonyl (C=O) groups is 1. The van der Waals surface area contributed by atoms with E-state index in [1.165, 1.54) is 0 Å². The number of hydrogen-bond donors (Lipinski definition) is 2. The van der Waals surface area contributed by atoms with Crippen LogP contribution in [0.4, 0.5) is 4.79 Å². The molecule has 104 valence electrons. The molecule has 2 amide bonds. The highest BCUT2D eigenvalue weighted by atomic mass is 16.5. The molecular formula is C11H20N2O5. The van der Waals surface area contributed by atoms with Gasteiger partial charge in [0.05, 0.1) is 51.7 Å². The number of amides is 2. The first-order valence-electron chi connectivity index (χ1n) is 6.23.